The first-order valence-electron chi connectivity index (χ1n) is 9.55. The molecule has 1 aliphatic rings. The molecule has 0 aliphatic heterocycles. The fourth-order valence-corrected chi connectivity index (χ4v) is 4.61. The first kappa shape index (κ1) is 20.9. The number of aliphatic hydroxyl groups excluding tert-OH is 1. The standard InChI is InChI=1S/C20H40O2Si/c1-16(13-14-18-11-9-8-10-12-18)19(17(2)15-21)22-23(6,7)20(3,4)5/h13-14,16-19,21H,8-12,15H2,1-7H3/b14-13+/t16-,17+,19+/m0/s1. The summed E-state index contributed by atoms with van der Waals surface area (Å²) in [6.07, 6.45) is 11.7. The van der Waals surface area contributed by atoms with E-state index in [9.17, 15) is 5.11 Å². The number of hydrogen-bond acceptors (Lipinski definition) is 2. The van der Waals surface area contributed by atoms with Crippen LogP contribution in [0.5, 0.6) is 0 Å². The molecule has 0 bridgehead atoms. The Labute approximate surface area is 145 Å². The number of allylic oxidation sites excluding steroid dienone is 1. The van der Waals surface area contributed by atoms with E-state index >= 15 is 0 Å². The second-order valence-electron chi connectivity index (χ2n) is 9.14. The van der Waals surface area contributed by atoms with Gasteiger partial charge < -0.3 is 9.53 Å². The van der Waals surface area contributed by atoms with Crippen LogP contribution in [-0.2, 0) is 4.43 Å². The van der Waals surface area contributed by atoms with Crippen molar-refractivity contribution in [1.82, 2.24) is 0 Å². The quantitative estimate of drug-likeness (QED) is 0.470. The smallest absolute Gasteiger partial charge is 0.192 e. The SMILES string of the molecule is C[C@H](CO)[C@H](O[Si](C)(C)C(C)(C)C)[C@@H](C)/C=C/C1CCCCC1. The molecule has 1 fully saturated rings. The van der Waals surface area contributed by atoms with E-state index in [4.69, 9.17) is 4.43 Å². The first-order valence-corrected chi connectivity index (χ1v) is 12.5. The van der Waals surface area contributed by atoms with Crippen LogP contribution in [0, 0.1) is 17.8 Å². The molecule has 0 aromatic carbocycles. The van der Waals surface area contributed by atoms with Crippen LogP contribution in [0.15, 0.2) is 12.2 Å². The average Bonchev–Trinajstić information content (AvgIpc) is 2.49. The maximum absolute atomic E-state index is 9.68. The predicted molar refractivity (Wildman–Crippen MR) is 103 cm³/mol. The van der Waals surface area contributed by atoms with Gasteiger partial charge in [0.1, 0.15) is 0 Å². The zero-order chi connectivity index (χ0) is 17.7. The summed E-state index contributed by atoms with van der Waals surface area (Å²) in [5.74, 6) is 1.28. The normalized spacial score (nSPS) is 22.3. The molecule has 0 heterocycles. The highest BCUT2D eigenvalue weighted by atomic mass is 28.4. The van der Waals surface area contributed by atoms with Gasteiger partial charge in [0.15, 0.2) is 8.32 Å². The van der Waals surface area contributed by atoms with Crippen LogP contribution in [0.1, 0.15) is 66.7 Å². The van der Waals surface area contributed by atoms with Gasteiger partial charge in [-0.1, -0.05) is 66.0 Å². The van der Waals surface area contributed by atoms with Gasteiger partial charge in [0.2, 0.25) is 0 Å². The summed E-state index contributed by atoms with van der Waals surface area (Å²) in [5.41, 5.74) is 0. The van der Waals surface area contributed by atoms with Crippen molar-refractivity contribution in [3.8, 4) is 0 Å². The summed E-state index contributed by atoms with van der Waals surface area (Å²) in [6, 6.07) is 0. The summed E-state index contributed by atoms with van der Waals surface area (Å²) < 4.78 is 6.68. The van der Waals surface area contributed by atoms with Crippen molar-refractivity contribution in [2.24, 2.45) is 17.8 Å². The third kappa shape index (κ3) is 6.36. The number of aliphatic hydroxyl groups is 1. The molecule has 0 saturated heterocycles. The second kappa shape index (κ2) is 8.82. The van der Waals surface area contributed by atoms with Crippen LogP contribution in [0.2, 0.25) is 18.1 Å². The molecule has 1 N–H and O–H groups in total. The summed E-state index contributed by atoms with van der Waals surface area (Å²) in [4.78, 5) is 0. The number of hydrogen-bond donors (Lipinski definition) is 1. The van der Waals surface area contributed by atoms with Gasteiger partial charge in [-0.05, 0) is 42.8 Å². The van der Waals surface area contributed by atoms with E-state index in [1.54, 1.807) is 0 Å². The van der Waals surface area contributed by atoms with Crippen LogP contribution < -0.4 is 0 Å². The Morgan fingerprint density at radius 3 is 2.17 bits per heavy atom. The van der Waals surface area contributed by atoms with Crippen molar-refractivity contribution in [2.45, 2.75) is 91.0 Å². The maximum Gasteiger partial charge on any atom is 0.192 e. The minimum Gasteiger partial charge on any atom is -0.413 e. The Morgan fingerprint density at radius 1 is 1.13 bits per heavy atom. The third-order valence-electron chi connectivity index (χ3n) is 5.94. The Balaban J connectivity index is 2.78. The highest BCUT2D eigenvalue weighted by molar-refractivity contribution is 6.74. The topological polar surface area (TPSA) is 29.5 Å². The molecule has 3 heteroatoms. The van der Waals surface area contributed by atoms with Gasteiger partial charge >= 0.3 is 0 Å². The van der Waals surface area contributed by atoms with E-state index in [1.807, 2.05) is 0 Å². The van der Waals surface area contributed by atoms with Crippen molar-refractivity contribution in [2.75, 3.05) is 6.61 Å². The van der Waals surface area contributed by atoms with Gasteiger partial charge in [0.05, 0.1) is 6.10 Å². The lowest BCUT2D eigenvalue weighted by molar-refractivity contribution is 0.0597. The van der Waals surface area contributed by atoms with Crippen LogP contribution >= 0.6 is 0 Å². The molecular formula is C20H40O2Si. The highest BCUT2D eigenvalue weighted by Gasteiger charge is 2.41. The van der Waals surface area contributed by atoms with Crippen LogP contribution in [-0.4, -0.2) is 26.1 Å². The van der Waals surface area contributed by atoms with E-state index in [1.165, 1.54) is 32.1 Å². The van der Waals surface area contributed by atoms with Gasteiger partial charge in [0, 0.05) is 12.5 Å². The lowest BCUT2D eigenvalue weighted by atomic mass is 9.87. The van der Waals surface area contributed by atoms with E-state index in [0.29, 0.717) is 5.92 Å². The molecular weight excluding hydrogens is 300 g/mol. The molecule has 1 saturated carbocycles. The Bertz CT molecular complexity index is 364. The minimum absolute atomic E-state index is 0.112. The monoisotopic (exact) mass is 340 g/mol. The van der Waals surface area contributed by atoms with Crippen molar-refractivity contribution in [3.05, 3.63) is 12.2 Å². The number of rotatable bonds is 7. The molecule has 2 nitrogen and oxygen atoms in total. The molecule has 0 radical (unpaired) electrons. The van der Waals surface area contributed by atoms with Gasteiger partial charge in [-0.3, -0.25) is 0 Å². The zero-order valence-electron chi connectivity index (χ0n) is 16.6. The molecule has 1 aliphatic carbocycles. The van der Waals surface area contributed by atoms with E-state index in [0.717, 1.165) is 5.92 Å². The molecule has 23 heavy (non-hydrogen) atoms. The summed E-state index contributed by atoms with van der Waals surface area (Å²) >= 11 is 0. The van der Waals surface area contributed by atoms with Gasteiger partial charge in [-0.25, -0.2) is 0 Å². The average molecular weight is 341 g/mol. The molecule has 3 atom stereocenters. The summed E-state index contributed by atoms with van der Waals surface area (Å²) in [5, 5.41) is 9.88. The minimum atomic E-state index is -1.82. The fourth-order valence-electron chi connectivity index (χ4n) is 3.13. The molecule has 0 unspecified atom stereocenters. The van der Waals surface area contributed by atoms with Gasteiger partial charge in [-0.2, -0.15) is 0 Å². The van der Waals surface area contributed by atoms with Crippen molar-refractivity contribution in [3.63, 3.8) is 0 Å². The third-order valence-corrected chi connectivity index (χ3v) is 10.4. The Kier molecular flexibility index (Phi) is 8.02. The Morgan fingerprint density at radius 2 is 1.70 bits per heavy atom. The molecule has 0 aromatic heterocycles. The van der Waals surface area contributed by atoms with Crippen molar-refractivity contribution >= 4 is 8.32 Å². The summed E-state index contributed by atoms with van der Waals surface area (Å²) in [6.45, 7) is 16.0. The molecule has 0 amide bonds. The second-order valence-corrected chi connectivity index (χ2v) is 13.9. The zero-order valence-corrected chi connectivity index (χ0v) is 17.6. The fraction of sp³-hybridized carbons (Fsp3) is 0.900. The molecule has 1 rings (SSSR count). The van der Waals surface area contributed by atoms with Crippen LogP contribution in [0.4, 0.5) is 0 Å². The molecule has 0 spiro atoms. The largest absolute Gasteiger partial charge is 0.413 e. The lowest BCUT2D eigenvalue weighted by Crippen LogP contribution is -2.47. The van der Waals surface area contributed by atoms with Gasteiger partial charge in [-0.15, -0.1) is 0 Å². The first-order chi connectivity index (χ1) is 10.6. The lowest BCUT2D eigenvalue weighted by Gasteiger charge is -2.42. The van der Waals surface area contributed by atoms with Gasteiger partial charge in [0.25, 0.3) is 0 Å². The van der Waals surface area contributed by atoms with E-state index < -0.39 is 8.32 Å². The van der Waals surface area contributed by atoms with E-state index in [2.05, 4.69) is 59.9 Å². The van der Waals surface area contributed by atoms with Crippen molar-refractivity contribution in [1.29, 1.82) is 0 Å². The molecule has 0 aromatic rings. The van der Waals surface area contributed by atoms with Crippen LogP contribution in [0.3, 0.4) is 0 Å². The maximum atomic E-state index is 9.68. The summed E-state index contributed by atoms with van der Waals surface area (Å²) in [7, 11) is -1.82. The Hall–Kier alpha value is -0.123. The highest BCUT2D eigenvalue weighted by Crippen LogP contribution is 2.39. The van der Waals surface area contributed by atoms with E-state index in [-0.39, 0.29) is 23.7 Å². The molecule has 136 valence electrons. The predicted octanol–water partition coefficient (Wildman–Crippen LogP) is 5.78. The van der Waals surface area contributed by atoms with Crippen LogP contribution in [0.25, 0.3) is 0 Å². The van der Waals surface area contributed by atoms with Crippen molar-refractivity contribution < 1.29 is 9.53 Å².